The molecule has 1 unspecified atom stereocenters. The van der Waals surface area contributed by atoms with Gasteiger partial charge in [-0.2, -0.15) is 0 Å². The SMILES string of the molecule is CC(Nc1cnccc1Cl)c1ccc(S(N)(=O)=O)cc1. The van der Waals surface area contributed by atoms with Crippen molar-refractivity contribution >= 4 is 27.3 Å². The molecule has 20 heavy (non-hydrogen) atoms. The summed E-state index contributed by atoms with van der Waals surface area (Å²) in [4.78, 5) is 4.09. The molecule has 0 radical (unpaired) electrons. The molecule has 1 heterocycles. The zero-order valence-electron chi connectivity index (χ0n) is 10.7. The van der Waals surface area contributed by atoms with Gasteiger partial charge in [0.2, 0.25) is 10.0 Å². The van der Waals surface area contributed by atoms with E-state index in [1.54, 1.807) is 30.6 Å². The van der Waals surface area contributed by atoms with E-state index in [4.69, 9.17) is 16.7 Å². The summed E-state index contributed by atoms with van der Waals surface area (Å²) in [5, 5.41) is 8.84. The third kappa shape index (κ3) is 3.47. The van der Waals surface area contributed by atoms with Crippen LogP contribution in [0.5, 0.6) is 0 Å². The van der Waals surface area contributed by atoms with Gasteiger partial charge < -0.3 is 5.32 Å². The molecule has 2 aromatic rings. The van der Waals surface area contributed by atoms with E-state index in [0.29, 0.717) is 5.02 Å². The lowest BCUT2D eigenvalue weighted by molar-refractivity contribution is 0.597. The van der Waals surface area contributed by atoms with Crippen molar-refractivity contribution in [3.8, 4) is 0 Å². The highest BCUT2D eigenvalue weighted by molar-refractivity contribution is 7.89. The highest BCUT2D eigenvalue weighted by atomic mass is 35.5. The summed E-state index contributed by atoms with van der Waals surface area (Å²) in [5.74, 6) is 0. The van der Waals surface area contributed by atoms with Crippen LogP contribution in [0.4, 0.5) is 5.69 Å². The number of sulfonamides is 1. The van der Waals surface area contributed by atoms with Gasteiger partial charge in [-0.25, -0.2) is 13.6 Å². The maximum absolute atomic E-state index is 11.2. The zero-order valence-corrected chi connectivity index (χ0v) is 12.3. The summed E-state index contributed by atoms with van der Waals surface area (Å²) in [6, 6.07) is 8.03. The van der Waals surface area contributed by atoms with E-state index in [1.807, 2.05) is 6.92 Å². The normalized spacial score (nSPS) is 12.9. The Labute approximate surface area is 122 Å². The first-order chi connectivity index (χ1) is 9.38. The minimum atomic E-state index is -3.66. The second kappa shape index (κ2) is 5.78. The Morgan fingerprint density at radius 2 is 1.90 bits per heavy atom. The first-order valence-electron chi connectivity index (χ1n) is 5.87. The highest BCUT2D eigenvalue weighted by Crippen LogP contribution is 2.25. The van der Waals surface area contributed by atoms with Gasteiger partial charge in [-0.3, -0.25) is 4.98 Å². The molecule has 2 rings (SSSR count). The number of rotatable bonds is 4. The number of halogens is 1. The molecule has 7 heteroatoms. The molecule has 0 fully saturated rings. The van der Waals surface area contributed by atoms with Gasteiger partial charge in [0.1, 0.15) is 0 Å². The van der Waals surface area contributed by atoms with E-state index in [2.05, 4.69) is 10.3 Å². The average Bonchev–Trinajstić information content (AvgIpc) is 2.40. The van der Waals surface area contributed by atoms with Crippen LogP contribution in [-0.2, 0) is 10.0 Å². The van der Waals surface area contributed by atoms with Gasteiger partial charge in [0.25, 0.3) is 0 Å². The molecule has 3 N–H and O–H groups in total. The molecule has 1 atom stereocenters. The van der Waals surface area contributed by atoms with Crippen molar-refractivity contribution in [3.63, 3.8) is 0 Å². The van der Waals surface area contributed by atoms with Gasteiger partial charge in [0.05, 0.1) is 21.8 Å². The molecule has 1 aromatic heterocycles. The maximum Gasteiger partial charge on any atom is 0.238 e. The van der Waals surface area contributed by atoms with Gasteiger partial charge >= 0.3 is 0 Å². The molecule has 0 aliphatic heterocycles. The van der Waals surface area contributed by atoms with E-state index in [9.17, 15) is 8.42 Å². The van der Waals surface area contributed by atoms with Crippen molar-refractivity contribution in [2.75, 3.05) is 5.32 Å². The van der Waals surface area contributed by atoms with Crippen LogP contribution in [0.15, 0.2) is 47.6 Å². The largest absolute Gasteiger partial charge is 0.376 e. The van der Waals surface area contributed by atoms with Crippen LogP contribution in [-0.4, -0.2) is 13.4 Å². The summed E-state index contributed by atoms with van der Waals surface area (Å²) < 4.78 is 22.4. The van der Waals surface area contributed by atoms with Crippen LogP contribution in [0.2, 0.25) is 5.02 Å². The topological polar surface area (TPSA) is 85.1 Å². The Hall–Kier alpha value is -1.63. The lowest BCUT2D eigenvalue weighted by Crippen LogP contribution is -2.12. The van der Waals surface area contributed by atoms with Crippen molar-refractivity contribution in [1.82, 2.24) is 4.98 Å². The second-order valence-electron chi connectivity index (χ2n) is 4.34. The monoisotopic (exact) mass is 311 g/mol. The van der Waals surface area contributed by atoms with Gasteiger partial charge in [-0.15, -0.1) is 0 Å². The Balaban J connectivity index is 2.18. The fourth-order valence-electron chi connectivity index (χ4n) is 1.75. The van der Waals surface area contributed by atoms with Crippen molar-refractivity contribution in [2.24, 2.45) is 5.14 Å². The van der Waals surface area contributed by atoms with Gasteiger partial charge in [-0.1, -0.05) is 23.7 Å². The summed E-state index contributed by atoms with van der Waals surface area (Å²) >= 11 is 6.04. The van der Waals surface area contributed by atoms with Crippen molar-refractivity contribution in [2.45, 2.75) is 17.9 Å². The lowest BCUT2D eigenvalue weighted by atomic mass is 10.1. The first kappa shape index (κ1) is 14.8. The molecule has 0 amide bonds. The van der Waals surface area contributed by atoms with Crippen molar-refractivity contribution in [1.29, 1.82) is 0 Å². The van der Waals surface area contributed by atoms with Crippen LogP contribution >= 0.6 is 11.6 Å². The number of benzene rings is 1. The fourth-order valence-corrected chi connectivity index (χ4v) is 2.42. The smallest absolute Gasteiger partial charge is 0.238 e. The number of pyridine rings is 1. The number of anilines is 1. The van der Waals surface area contributed by atoms with Crippen LogP contribution in [0.1, 0.15) is 18.5 Å². The van der Waals surface area contributed by atoms with E-state index in [-0.39, 0.29) is 10.9 Å². The molecule has 0 spiro atoms. The number of primary sulfonamides is 1. The van der Waals surface area contributed by atoms with Gasteiger partial charge in [0.15, 0.2) is 0 Å². The summed E-state index contributed by atoms with van der Waals surface area (Å²) in [5.41, 5.74) is 1.63. The average molecular weight is 312 g/mol. The van der Waals surface area contributed by atoms with Crippen LogP contribution in [0.25, 0.3) is 0 Å². The third-order valence-electron chi connectivity index (χ3n) is 2.85. The van der Waals surface area contributed by atoms with Crippen molar-refractivity contribution in [3.05, 3.63) is 53.3 Å². The second-order valence-corrected chi connectivity index (χ2v) is 6.30. The van der Waals surface area contributed by atoms with Crippen LogP contribution in [0, 0.1) is 0 Å². The zero-order chi connectivity index (χ0) is 14.8. The Kier molecular flexibility index (Phi) is 4.27. The summed E-state index contributed by atoms with van der Waals surface area (Å²) in [6.45, 7) is 1.94. The predicted molar refractivity (Wildman–Crippen MR) is 79.1 cm³/mol. The quantitative estimate of drug-likeness (QED) is 0.908. The molecule has 106 valence electrons. The van der Waals surface area contributed by atoms with Gasteiger partial charge in [-0.05, 0) is 30.7 Å². The number of hydrogen-bond acceptors (Lipinski definition) is 4. The van der Waals surface area contributed by atoms with Gasteiger partial charge in [0, 0.05) is 12.2 Å². The molecule has 1 aromatic carbocycles. The Morgan fingerprint density at radius 3 is 2.45 bits per heavy atom. The molecule has 0 aliphatic rings. The molecule has 0 saturated carbocycles. The highest BCUT2D eigenvalue weighted by Gasteiger charge is 2.11. The number of hydrogen-bond donors (Lipinski definition) is 2. The summed E-state index contributed by atoms with van der Waals surface area (Å²) in [6.07, 6.45) is 3.25. The molecule has 0 saturated heterocycles. The Morgan fingerprint density at radius 1 is 1.25 bits per heavy atom. The number of nitrogens with one attached hydrogen (secondary N) is 1. The third-order valence-corrected chi connectivity index (χ3v) is 4.11. The van der Waals surface area contributed by atoms with Crippen molar-refractivity contribution < 1.29 is 8.42 Å². The first-order valence-corrected chi connectivity index (χ1v) is 7.79. The Bertz CT molecular complexity index is 702. The van der Waals surface area contributed by atoms with E-state index >= 15 is 0 Å². The molecule has 5 nitrogen and oxygen atoms in total. The van der Waals surface area contributed by atoms with E-state index in [0.717, 1.165) is 11.3 Å². The fraction of sp³-hybridized carbons (Fsp3) is 0.154. The molecule has 0 aliphatic carbocycles. The predicted octanol–water partition coefficient (Wildman–Crippen LogP) is 2.56. The minimum absolute atomic E-state index is 0.0498. The summed E-state index contributed by atoms with van der Waals surface area (Å²) in [7, 11) is -3.66. The standard InChI is InChI=1S/C13H14ClN3O2S/c1-9(17-13-8-16-7-6-12(13)14)10-2-4-11(5-3-10)20(15,18)19/h2-9,17H,1H3,(H2,15,18,19). The molecular weight excluding hydrogens is 298 g/mol. The molecular formula is C13H14ClN3O2S. The maximum atomic E-state index is 11.2. The van der Waals surface area contributed by atoms with Crippen LogP contribution < -0.4 is 10.5 Å². The van der Waals surface area contributed by atoms with Crippen LogP contribution in [0.3, 0.4) is 0 Å². The molecule has 0 bridgehead atoms. The van der Waals surface area contributed by atoms with E-state index in [1.165, 1.54) is 12.1 Å². The number of aromatic nitrogens is 1. The minimum Gasteiger partial charge on any atom is -0.376 e. The van der Waals surface area contributed by atoms with E-state index < -0.39 is 10.0 Å². The lowest BCUT2D eigenvalue weighted by Gasteiger charge is -2.16. The number of nitrogens with two attached hydrogens (primary N) is 1. The number of nitrogens with zero attached hydrogens (tertiary/aromatic N) is 1.